The topological polar surface area (TPSA) is 72.6 Å². The van der Waals surface area contributed by atoms with Gasteiger partial charge in [0.1, 0.15) is 0 Å². The van der Waals surface area contributed by atoms with E-state index in [-0.39, 0.29) is 12.0 Å². The van der Waals surface area contributed by atoms with Gasteiger partial charge in [-0.3, -0.25) is 9.59 Å². The maximum absolute atomic E-state index is 12.9. The van der Waals surface area contributed by atoms with Crippen LogP contribution >= 0.6 is 11.3 Å². The zero-order valence-corrected chi connectivity index (χ0v) is 15.8. The minimum atomic E-state index is -0.431. The highest BCUT2D eigenvalue weighted by atomic mass is 32.1. The number of hydrogen-bond donors (Lipinski definition) is 1. The van der Waals surface area contributed by atoms with Crippen molar-refractivity contribution >= 4 is 23.2 Å². The lowest BCUT2D eigenvalue weighted by Gasteiger charge is -2.32. The summed E-state index contributed by atoms with van der Waals surface area (Å²) in [5, 5.41) is 1.89. The Morgan fingerprint density at radius 3 is 2.88 bits per heavy atom. The molecule has 1 atom stereocenters. The summed E-state index contributed by atoms with van der Waals surface area (Å²) in [6.07, 6.45) is 3.09. The first-order valence-electron chi connectivity index (χ1n) is 8.98. The predicted molar refractivity (Wildman–Crippen MR) is 103 cm³/mol. The van der Waals surface area contributed by atoms with Crippen LogP contribution in [-0.4, -0.2) is 42.5 Å². The predicted octanol–water partition coefficient (Wildman–Crippen LogP) is 3.55. The van der Waals surface area contributed by atoms with E-state index in [1.165, 1.54) is 11.3 Å². The third-order valence-corrected chi connectivity index (χ3v) is 5.45. The Kier molecular flexibility index (Phi) is 6.06. The number of ether oxygens (including phenoxy) is 1. The fraction of sp³-hybridized carbons (Fsp3) is 0.400. The van der Waals surface area contributed by atoms with E-state index in [0.717, 1.165) is 43.5 Å². The first-order valence-corrected chi connectivity index (χ1v) is 9.86. The van der Waals surface area contributed by atoms with Gasteiger partial charge in [-0.05, 0) is 54.0 Å². The molecule has 0 unspecified atom stereocenters. The molecule has 26 heavy (non-hydrogen) atoms. The Hall–Kier alpha value is -2.18. The summed E-state index contributed by atoms with van der Waals surface area (Å²) in [5.74, 6) is -0.401. The highest BCUT2D eigenvalue weighted by Gasteiger charge is 2.25. The molecule has 6 heteroatoms. The zero-order valence-electron chi connectivity index (χ0n) is 14.9. The molecule has 0 saturated carbocycles. The number of thiophene rings is 1. The monoisotopic (exact) mass is 372 g/mol. The van der Waals surface area contributed by atoms with Crippen LogP contribution in [0.25, 0.3) is 11.1 Å². The van der Waals surface area contributed by atoms with Crippen molar-refractivity contribution in [2.75, 3.05) is 19.7 Å². The average molecular weight is 372 g/mol. The molecule has 3 rings (SSSR count). The summed E-state index contributed by atoms with van der Waals surface area (Å²) in [5.41, 5.74) is 7.80. The van der Waals surface area contributed by atoms with Crippen LogP contribution in [0.4, 0.5) is 0 Å². The van der Waals surface area contributed by atoms with E-state index in [0.29, 0.717) is 17.0 Å². The molecular weight excluding hydrogens is 348 g/mol. The minimum absolute atomic E-state index is 0.0296. The molecule has 5 nitrogen and oxygen atoms in total. The Labute approximate surface area is 157 Å². The van der Waals surface area contributed by atoms with Crippen molar-refractivity contribution in [3.8, 4) is 11.1 Å². The summed E-state index contributed by atoms with van der Waals surface area (Å²) >= 11 is 1.32. The smallest absolute Gasteiger partial charge is 0.258 e. The third-order valence-electron chi connectivity index (χ3n) is 4.51. The molecule has 2 heterocycles. The van der Waals surface area contributed by atoms with Gasteiger partial charge >= 0.3 is 0 Å². The molecule has 0 spiro atoms. The number of rotatable bonds is 6. The molecule has 1 aromatic heterocycles. The van der Waals surface area contributed by atoms with E-state index < -0.39 is 5.91 Å². The third kappa shape index (κ3) is 4.31. The van der Waals surface area contributed by atoms with E-state index >= 15 is 0 Å². The van der Waals surface area contributed by atoms with Crippen molar-refractivity contribution in [2.24, 2.45) is 5.73 Å². The van der Waals surface area contributed by atoms with E-state index in [9.17, 15) is 9.59 Å². The first kappa shape index (κ1) is 18.6. The average Bonchev–Trinajstić information content (AvgIpc) is 3.17. The largest absolute Gasteiger partial charge is 0.376 e. The number of primary amides is 1. The van der Waals surface area contributed by atoms with Gasteiger partial charge < -0.3 is 15.4 Å². The normalized spacial score (nSPS) is 17.3. The highest BCUT2D eigenvalue weighted by molar-refractivity contribution is 7.12. The number of benzene rings is 1. The summed E-state index contributed by atoms with van der Waals surface area (Å²) in [6, 6.07) is 9.30. The fourth-order valence-corrected chi connectivity index (χ4v) is 3.94. The molecule has 2 aromatic rings. The van der Waals surface area contributed by atoms with Crippen LogP contribution in [0, 0.1) is 0 Å². The fourth-order valence-electron chi connectivity index (χ4n) is 3.17. The second-order valence-corrected chi connectivity index (χ2v) is 7.44. The zero-order chi connectivity index (χ0) is 18.5. The Morgan fingerprint density at radius 1 is 1.31 bits per heavy atom. The van der Waals surface area contributed by atoms with Crippen LogP contribution in [0.2, 0.25) is 0 Å². The van der Waals surface area contributed by atoms with Gasteiger partial charge in [-0.15, -0.1) is 11.3 Å². The van der Waals surface area contributed by atoms with Gasteiger partial charge in [0.05, 0.1) is 11.0 Å². The number of amides is 2. The summed E-state index contributed by atoms with van der Waals surface area (Å²) in [4.78, 5) is 26.6. The number of hydrogen-bond acceptors (Lipinski definition) is 4. The number of carbonyl (C=O) groups excluding carboxylic acids is 2. The lowest BCUT2D eigenvalue weighted by Crippen LogP contribution is -2.43. The molecular formula is C20H24N2O3S. The standard InChI is InChI=1S/C20H24N2O3S/c1-2-9-25-17-7-4-8-22(12-17)20(24)15-6-3-5-14(10-15)16-11-18(19(21)23)26-13-16/h3,5-6,10-11,13,17H,2,4,7-9,12H2,1H3,(H2,21,23)/t17-/m1/s1. The van der Waals surface area contributed by atoms with Crippen molar-refractivity contribution < 1.29 is 14.3 Å². The van der Waals surface area contributed by atoms with Gasteiger partial charge in [0.15, 0.2) is 0 Å². The van der Waals surface area contributed by atoms with Crippen molar-refractivity contribution in [1.82, 2.24) is 4.90 Å². The molecule has 1 fully saturated rings. The molecule has 1 aliphatic rings. The van der Waals surface area contributed by atoms with E-state index in [2.05, 4.69) is 6.92 Å². The second-order valence-electron chi connectivity index (χ2n) is 6.53. The van der Waals surface area contributed by atoms with Crippen molar-refractivity contribution in [3.05, 3.63) is 46.2 Å². The summed E-state index contributed by atoms with van der Waals surface area (Å²) < 4.78 is 5.83. The Balaban J connectivity index is 1.74. The molecule has 1 saturated heterocycles. The van der Waals surface area contributed by atoms with Gasteiger partial charge in [0.2, 0.25) is 0 Å². The maximum Gasteiger partial charge on any atom is 0.258 e. The highest BCUT2D eigenvalue weighted by Crippen LogP contribution is 2.27. The van der Waals surface area contributed by atoms with Crippen LogP contribution < -0.4 is 5.73 Å². The lowest BCUT2D eigenvalue weighted by atomic mass is 10.0. The van der Waals surface area contributed by atoms with Gasteiger partial charge in [-0.2, -0.15) is 0 Å². The number of nitrogens with zero attached hydrogens (tertiary/aromatic N) is 1. The van der Waals surface area contributed by atoms with Crippen LogP contribution in [-0.2, 0) is 4.74 Å². The maximum atomic E-state index is 12.9. The SMILES string of the molecule is CCCO[C@@H]1CCCN(C(=O)c2cccc(-c3csc(C(N)=O)c3)c2)C1. The first-order chi connectivity index (χ1) is 12.6. The molecule has 0 aliphatic carbocycles. The molecule has 2 N–H and O–H groups in total. The molecule has 1 aliphatic heterocycles. The molecule has 138 valence electrons. The Morgan fingerprint density at radius 2 is 2.15 bits per heavy atom. The van der Waals surface area contributed by atoms with Gasteiger partial charge in [0, 0.05) is 25.3 Å². The molecule has 2 amide bonds. The van der Waals surface area contributed by atoms with Crippen molar-refractivity contribution in [3.63, 3.8) is 0 Å². The number of carbonyl (C=O) groups is 2. The van der Waals surface area contributed by atoms with Crippen LogP contribution in [0.15, 0.2) is 35.7 Å². The van der Waals surface area contributed by atoms with E-state index in [1.807, 2.05) is 34.5 Å². The summed E-state index contributed by atoms with van der Waals surface area (Å²) in [6.45, 7) is 4.24. The molecule has 0 radical (unpaired) electrons. The van der Waals surface area contributed by atoms with E-state index in [1.54, 1.807) is 6.07 Å². The lowest BCUT2D eigenvalue weighted by molar-refractivity contribution is 0.00211. The van der Waals surface area contributed by atoms with Gasteiger partial charge in [-0.25, -0.2) is 0 Å². The number of likely N-dealkylation sites (tertiary alicyclic amines) is 1. The van der Waals surface area contributed by atoms with Crippen LogP contribution in [0.3, 0.4) is 0 Å². The molecule has 0 bridgehead atoms. The number of piperidine rings is 1. The van der Waals surface area contributed by atoms with Gasteiger partial charge in [-0.1, -0.05) is 19.1 Å². The number of nitrogens with two attached hydrogens (primary N) is 1. The van der Waals surface area contributed by atoms with Crippen LogP contribution in [0.1, 0.15) is 46.2 Å². The van der Waals surface area contributed by atoms with Crippen molar-refractivity contribution in [1.29, 1.82) is 0 Å². The van der Waals surface area contributed by atoms with Crippen molar-refractivity contribution in [2.45, 2.75) is 32.3 Å². The summed E-state index contributed by atoms with van der Waals surface area (Å²) in [7, 11) is 0. The van der Waals surface area contributed by atoms with E-state index in [4.69, 9.17) is 10.5 Å². The minimum Gasteiger partial charge on any atom is -0.376 e. The molecule has 1 aromatic carbocycles. The second kappa shape index (κ2) is 8.47. The van der Waals surface area contributed by atoms with Crippen LogP contribution in [0.5, 0.6) is 0 Å². The Bertz CT molecular complexity index is 787. The van der Waals surface area contributed by atoms with Gasteiger partial charge in [0.25, 0.3) is 11.8 Å². The quantitative estimate of drug-likeness (QED) is 0.843.